The van der Waals surface area contributed by atoms with E-state index in [4.69, 9.17) is 15.6 Å². The second kappa shape index (κ2) is 4.61. The van der Waals surface area contributed by atoms with E-state index in [-0.39, 0.29) is 17.4 Å². The summed E-state index contributed by atoms with van der Waals surface area (Å²) in [7, 11) is 0. The molecule has 1 rings (SSSR count). The van der Waals surface area contributed by atoms with Gasteiger partial charge in [0.1, 0.15) is 0 Å². The Labute approximate surface area is 80.9 Å². The van der Waals surface area contributed by atoms with Crippen molar-refractivity contribution >= 4 is 5.95 Å². The maximum atomic E-state index is 11.3. The molecule has 0 radical (unpaired) electrons. The molecule has 1 heterocycles. The predicted molar refractivity (Wildman–Crippen MR) is 51.1 cm³/mol. The van der Waals surface area contributed by atoms with Crippen molar-refractivity contribution in [3.8, 4) is 5.88 Å². The first-order valence-electron chi connectivity index (χ1n) is 4.29. The summed E-state index contributed by atoms with van der Waals surface area (Å²) in [5.41, 5.74) is 5.06. The third-order valence-corrected chi connectivity index (χ3v) is 1.69. The average Bonchev–Trinajstić information content (AvgIpc) is 2.09. The van der Waals surface area contributed by atoms with Crippen LogP contribution in [0, 0.1) is 0 Å². The van der Waals surface area contributed by atoms with Crippen molar-refractivity contribution in [2.75, 3.05) is 18.9 Å². The van der Waals surface area contributed by atoms with Crippen LogP contribution in [0.4, 0.5) is 5.95 Å². The van der Waals surface area contributed by atoms with Gasteiger partial charge in [-0.05, 0) is 6.92 Å². The number of aromatic hydroxyl groups is 1. The summed E-state index contributed by atoms with van der Waals surface area (Å²) in [5, 5.41) is 8.95. The molecule has 6 heteroatoms. The highest BCUT2D eigenvalue weighted by Crippen LogP contribution is 2.02. The van der Waals surface area contributed by atoms with E-state index in [1.165, 1.54) is 4.57 Å². The van der Waals surface area contributed by atoms with Crippen LogP contribution in [0.1, 0.15) is 6.92 Å². The zero-order chi connectivity index (χ0) is 10.6. The Morgan fingerprint density at radius 2 is 2.43 bits per heavy atom. The van der Waals surface area contributed by atoms with Crippen molar-refractivity contribution in [1.29, 1.82) is 0 Å². The van der Waals surface area contributed by atoms with Crippen LogP contribution in [0.5, 0.6) is 5.88 Å². The molecule has 0 aliphatic heterocycles. The number of rotatable bonds is 4. The van der Waals surface area contributed by atoms with Gasteiger partial charge in [0, 0.05) is 6.61 Å². The number of nitrogen functional groups attached to an aromatic ring is 1. The van der Waals surface area contributed by atoms with E-state index in [9.17, 15) is 4.79 Å². The molecule has 0 spiro atoms. The first kappa shape index (κ1) is 10.5. The molecule has 0 aromatic carbocycles. The normalized spacial score (nSPS) is 10.4. The minimum atomic E-state index is -0.380. The maximum Gasteiger partial charge on any atom is 0.258 e. The van der Waals surface area contributed by atoms with Gasteiger partial charge in [-0.2, -0.15) is 4.98 Å². The summed E-state index contributed by atoms with van der Waals surface area (Å²) in [5.74, 6) is -0.366. The summed E-state index contributed by atoms with van der Waals surface area (Å²) in [6, 6.07) is 1.02. The van der Waals surface area contributed by atoms with Crippen LogP contribution >= 0.6 is 0 Å². The van der Waals surface area contributed by atoms with Crippen molar-refractivity contribution in [2.45, 2.75) is 13.5 Å². The molecule has 0 bridgehead atoms. The maximum absolute atomic E-state index is 11.3. The molecule has 0 aliphatic carbocycles. The molecule has 0 saturated carbocycles. The van der Waals surface area contributed by atoms with Crippen LogP contribution in [0.3, 0.4) is 0 Å². The number of aromatic nitrogens is 2. The summed E-state index contributed by atoms with van der Waals surface area (Å²) in [6.07, 6.45) is 0. The fourth-order valence-electron chi connectivity index (χ4n) is 1.04. The molecule has 0 amide bonds. The molecule has 0 fully saturated rings. The summed E-state index contributed by atoms with van der Waals surface area (Å²) in [6.45, 7) is 3.18. The molecule has 1 aromatic heterocycles. The smallest absolute Gasteiger partial charge is 0.258 e. The van der Waals surface area contributed by atoms with Crippen LogP contribution in [0.2, 0.25) is 0 Å². The molecule has 78 valence electrons. The first-order chi connectivity index (χ1) is 6.65. The third kappa shape index (κ3) is 2.46. The van der Waals surface area contributed by atoms with Crippen molar-refractivity contribution in [2.24, 2.45) is 0 Å². The first-order valence-corrected chi connectivity index (χ1v) is 4.29. The summed E-state index contributed by atoms with van der Waals surface area (Å²) in [4.78, 5) is 14.8. The van der Waals surface area contributed by atoms with Gasteiger partial charge in [-0.15, -0.1) is 0 Å². The highest BCUT2D eigenvalue weighted by Gasteiger charge is 2.03. The van der Waals surface area contributed by atoms with Crippen molar-refractivity contribution in [3.63, 3.8) is 0 Å². The lowest BCUT2D eigenvalue weighted by Gasteiger charge is -2.07. The highest BCUT2D eigenvalue weighted by molar-refractivity contribution is 5.22. The summed E-state index contributed by atoms with van der Waals surface area (Å²) >= 11 is 0. The van der Waals surface area contributed by atoms with Gasteiger partial charge in [0.2, 0.25) is 11.8 Å². The highest BCUT2D eigenvalue weighted by atomic mass is 16.5. The zero-order valence-electron chi connectivity index (χ0n) is 7.93. The number of nitrogens with two attached hydrogens (primary N) is 1. The Hall–Kier alpha value is -1.56. The Balaban J connectivity index is 2.81. The lowest BCUT2D eigenvalue weighted by atomic mass is 10.5. The quantitative estimate of drug-likeness (QED) is 0.642. The summed E-state index contributed by atoms with van der Waals surface area (Å²) < 4.78 is 6.32. The molecule has 6 nitrogen and oxygen atoms in total. The van der Waals surface area contributed by atoms with E-state index in [0.717, 1.165) is 6.07 Å². The van der Waals surface area contributed by atoms with Crippen LogP contribution in [0.15, 0.2) is 10.9 Å². The number of hydrogen-bond donors (Lipinski definition) is 2. The van der Waals surface area contributed by atoms with Crippen molar-refractivity contribution in [3.05, 3.63) is 16.4 Å². The fourth-order valence-corrected chi connectivity index (χ4v) is 1.04. The zero-order valence-corrected chi connectivity index (χ0v) is 7.93. The van der Waals surface area contributed by atoms with Crippen LogP contribution < -0.4 is 11.3 Å². The average molecular weight is 199 g/mol. The second-order valence-electron chi connectivity index (χ2n) is 2.66. The van der Waals surface area contributed by atoms with Gasteiger partial charge in [0.15, 0.2) is 0 Å². The van der Waals surface area contributed by atoms with E-state index in [2.05, 4.69) is 4.98 Å². The van der Waals surface area contributed by atoms with E-state index < -0.39 is 0 Å². The topological polar surface area (TPSA) is 90.4 Å². The SMILES string of the molecule is CCOCCn1c(N)nc(O)cc1=O. The largest absolute Gasteiger partial charge is 0.493 e. The molecule has 1 aromatic rings. The molecule has 0 unspecified atom stereocenters. The predicted octanol–water partition coefficient (Wildman–Crippen LogP) is -0.432. The molecule has 0 atom stereocenters. The molecule has 0 saturated heterocycles. The minimum Gasteiger partial charge on any atom is -0.493 e. The molecule has 14 heavy (non-hydrogen) atoms. The Morgan fingerprint density at radius 1 is 1.71 bits per heavy atom. The van der Waals surface area contributed by atoms with Gasteiger partial charge < -0.3 is 15.6 Å². The molecular weight excluding hydrogens is 186 g/mol. The minimum absolute atomic E-state index is 0.00490. The number of ether oxygens (including phenoxy) is 1. The van der Waals surface area contributed by atoms with Gasteiger partial charge >= 0.3 is 0 Å². The van der Waals surface area contributed by atoms with Crippen LogP contribution in [-0.4, -0.2) is 27.9 Å². The Morgan fingerprint density at radius 3 is 3.00 bits per heavy atom. The van der Waals surface area contributed by atoms with Crippen molar-refractivity contribution < 1.29 is 9.84 Å². The third-order valence-electron chi connectivity index (χ3n) is 1.69. The van der Waals surface area contributed by atoms with Crippen LogP contribution in [0.25, 0.3) is 0 Å². The van der Waals surface area contributed by atoms with E-state index in [1.807, 2.05) is 6.92 Å². The molecular formula is C8H13N3O3. The van der Waals surface area contributed by atoms with Gasteiger partial charge in [-0.3, -0.25) is 9.36 Å². The Kier molecular flexibility index (Phi) is 3.47. The van der Waals surface area contributed by atoms with Gasteiger partial charge in [-0.25, -0.2) is 0 Å². The van der Waals surface area contributed by atoms with Crippen molar-refractivity contribution in [1.82, 2.24) is 9.55 Å². The number of anilines is 1. The van der Waals surface area contributed by atoms with E-state index >= 15 is 0 Å². The van der Waals surface area contributed by atoms with E-state index in [1.54, 1.807) is 0 Å². The van der Waals surface area contributed by atoms with E-state index in [0.29, 0.717) is 19.8 Å². The fraction of sp³-hybridized carbons (Fsp3) is 0.500. The van der Waals surface area contributed by atoms with Gasteiger partial charge in [-0.1, -0.05) is 0 Å². The lowest BCUT2D eigenvalue weighted by molar-refractivity contribution is 0.138. The van der Waals surface area contributed by atoms with Gasteiger partial charge in [0.05, 0.1) is 19.2 Å². The number of nitrogens with zero attached hydrogens (tertiary/aromatic N) is 2. The Bertz CT molecular complexity index is 361. The molecule has 0 aliphatic rings. The van der Waals surface area contributed by atoms with Crippen LogP contribution in [-0.2, 0) is 11.3 Å². The monoisotopic (exact) mass is 199 g/mol. The molecule has 3 N–H and O–H groups in total. The number of hydrogen-bond acceptors (Lipinski definition) is 5. The van der Waals surface area contributed by atoms with Gasteiger partial charge in [0.25, 0.3) is 5.56 Å². The lowest BCUT2D eigenvalue weighted by Crippen LogP contribution is -2.25. The second-order valence-corrected chi connectivity index (χ2v) is 2.66. The standard InChI is InChI=1S/C8H13N3O3/c1-2-14-4-3-11-7(13)5-6(12)10-8(11)9/h5,12H,2-4H2,1H3,(H2,9,10).